The van der Waals surface area contributed by atoms with Gasteiger partial charge in [-0.15, -0.1) is 11.3 Å². The third-order valence-corrected chi connectivity index (χ3v) is 6.89. The van der Waals surface area contributed by atoms with Gasteiger partial charge in [0.25, 0.3) is 0 Å². The number of nitrogens with zero attached hydrogens (tertiary/aromatic N) is 1. The summed E-state index contributed by atoms with van der Waals surface area (Å²) in [4.78, 5) is 5.83. The Labute approximate surface area is 167 Å². The van der Waals surface area contributed by atoms with E-state index in [0.717, 1.165) is 21.0 Å². The van der Waals surface area contributed by atoms with E-state index in [1.165, 1.54) is 29.7 Å². The van der Waals surface area contributed by atoms with Crippen LogP contribution in [0.25, 0.3) is 21.7 Å². The first-order valence-corrected chi connectivity index (χ1v) is 11.2. The maximum atomic E-state index is 13.3. The van der Waals surface area contributed by atoms with Crippen molar-refractivity contribution in [2.24, 2.45) is 0 Å². The fourth-order valence-corrected chi connectivity index (χ4v) is 4.49. The molecule has 0 N–H and O–H groups in total. The predicted molar refractivity (Wildman–Crippen MR) is 109 cm³/mol. The Morgan fingerprint density at radius 1 is 1.11 bits per heavy atom. The van der Waals surface area contributed by atoms with Crippen LogP contribution in [0.2, 0.25) is 0 Å². The molecular weight excluding hydrogens is 405 g/mol. The zero-order valence-corrected chi connectivity index (χ0v) is 17.1. The van der Waals surface area contributed by atoms with Gasteiger partial charge in [-0.05, 0) is 42.0 Å². The molecule has 2 aromatic carbocycles. The first-order chi connectivity index (χ1) is 12.7. The van der Waals surface area contributed by atoms with Crippen LogP contribution in [0.4, 0.5) is 4.39 Å². The van der Waals surface area contributed by atoms with E-state index >= 15 is 0 Å². The van der Waals surface area contributed by atoms with Gasteiger partial charge in [0.2, 0.25) is 0 Å². The van der Waals surface area contributed by atoms with E-state index in [1.807, 2.05) is 6.92 Å². The second-order valence-corrected chi connectivity index (χ2v) is 9.73. The maximum Gasteiger partial charge on any atom is 0.175 e. The summed E-state index contributed by atoms with van der Waals surface area (Å²) < 4.78 is 36.7. The number of sulfone groups is 1. The lowest BCUT2D eigenvalue weighted by Crippen LogP contribution is -1.96. The number of rotatable bonds is 5. The SMILES string of the molecule is C=C(Cl)C(C)c1nc(-c2ccc(F)cc2)c(-c2ccc(S(C)(=O)=O)cc2)s1. The molecule has 0 bridgehead atoms. The number of allylic oxidation sites excluding steroid dienone is 1. The van der Waals surface area contributed by atoms with Crippen molar-refractivity contribution in [2.45, 2.75) is 17.7 Å². The van der Waals surface area contributed by atoms with E-state index in [2.05, 4.69) is 6.58 Å². The van der Waals surface area contributed by atoms with Crippen LogP contribution < -0.4 is 0 Å². The van der Waals surface area contributed by atoms with Crippen LogP contribution in [-0.2, 0) is 9.84 Å². The van der Waals surface area contributed by atoms with Gasteiger partial charge in [-0.3, -0.25) is 0 Å². The molecule has 0 radical (unpaired) electrons. The molecule has 7 heteroatoms. The minimum Gasteiger partial charge on any atom is -0.240 e. The van der Waals surface area contributed by atoms with Gasteiger partial charge in [-0.1, -0.05) is 37.2 Å². The number of halogens is 2. The molecule has 3 aromatic rings. The van der Waals surface area contributed by atoms with Gasteiger partial charge in [0.05, 0.1) is 15.5 Å². The highest BCUT2D eigenvalue weighted by Gasteiger charge is 2.20. The van der Waals surface area contributed by atoms with Crippen LogP contribution in [0.3, 0.4) is 0 Å². The summed E-state index contributed by atoms with van der Waals surface area (Å²) in [5, 5.41) is 1.27. The van der Waals surface area contributed by atoms with Crippen molar-refractivity contribution in [1.82, 2.24) is 4.98 Å². The second-order valence-electron chi connectivity index (χ2n) is 6.20. The average molecular weight is 422 g/mol. The van der Waals surface area contributed by atoms with E-state index in [0.29, 0.717) is 10.7 Å². The third kappa shape index (κ3) is 4.29. The normalized spacial score (nSPS) is 12.7. The van der Waals surface area contributed by atoms with Crippen LogP contribution in [0.5, 0.6) is 0 Å². The maximum absolute atomic E-state index is 13.3. The van der Waals surface area contributed by atoms with Gasteiger partial charge >= 0.3 is 0 Å². The molecule has 1 unspecified atom stereocenters. The Bertz CT molecular complexity index is 1090. The van der Waals surface area contributed by atoms with Crippen molar-refractivity contribution in [3.63, 3.8) is 0 Å². The molecule has 1 atom stereocenters. The molecule has 1 aromatic heterocycles. The smallest absolute Gasteiger partial charge is 0.175 e. The fraction of sp³-hybridized carbons (Fsp3) is 0.150. The molecule has 0 amide bonds. The molecule has 0 aliphatic rings. The van der Waals surface area contributed by atoms with E-state index in [4.69, 9.17) is 16.6 Å². The second kappa shape index (κ2) is 7.54. The van der Waals surface area contributed by atoms with Crippen LogP contribution in [0, 0.1) is 5.82 Å². The van der Waals surface area contributed by atoms with Gasteiger partial charge in [-0.2, -0.15) is 0 Å². The summed E-state index contributed by atoms with van der Waals surface area (Å²) >= 11 is 7.53. The highest BCUT2D eigenvalue weighted by atomic mass is 35.5. The van der Waals surface area contributed by atoms with Crippen molar-refractivity contribution in [1.29, 1.82) is 0 Å². The first-order valence-electron chi connectivity index (χ1n) is 8.08. The molecule has 27 heavy (non-hydrogen) atoms. The Kier molecular flexibility index (Phi) is 5.51. The van der Waals surface area contributed by atoms with Crippen molar-refractivity contribution >= 4 is 32.8 Å². The van der Waals surface area contributed by atoms with Crippen molar-refractivity contribution in [3.05, 3.63) is 71.0 Å². The number of hydrogen-bond acceptors (Lipinski definition) is 4. The van der Waals surface area contributed by atoms with Gasteiger partial charge < -0.3 is 0 Å². The minimum atomic E-state index is -3.27. The molecule has 3 nitrogen and oxygen atoms in total. The molecule has 140 valence electrons. The molecule has 0 aliphatic carbocycles. The van der Waals surface area contributed by atoms with Gasteiger partial charge in [0, 0.05) is 22.8 Å². The molecule has 3 rings (SSSR count). The monoisotopic (exact) mass is 421 g/mol. The number of benzene rings is 2. The summed E-state index contributed by atoms with van der Waals surface area (Å²) in [5.41, 5.74) is 2.30. The Balaban J connectivity index is 2.15. The zero-order valence-electron chi connectivity index (χ0n) is 14.7. The predicted octanol–water partition coefficient (Wildman–Crippen LogP) is 5.88. The third-order valence-electron chi connectivity index (χ3n) is 4.15. The lowest BCUT2D eigenvalue weighted by atomic mass is 10.1. The van der Waals surface area contributed by atoms with Crippen molar-refractivity contribution < 1.29 is 12.8 Å². The summed E-state index contributed by atoms with van der Waals surface area (Å²) in [6.07, 6.45) is 1.17. The van der Waals surface area contributed by atoms with Crippen LogP contribution in [-0.4, -0.2) is 19.7 Å². The molecular formula is C20H17ClFNO2S2. The topological polar surface area (TPSA) is 47.0 Å². The van der Waals surface area contributed by atoms with Gasteiger partial charge in [-0.25, -0.2) is 17.8 Å². The summed E-state index contributed by atoms with van der Waals surface area (Å²) in [6, 6.07) is 12.8. The zero-order chi connectivity index (χ0) is 19.8. The largest absolute Gasteiger partial charge is 0.240 e. The molecule has 0 saturated heterocycles. The quantitative estimate of drug-likeness (QED) is 0.517. The van der Waals surface area contributed by atoms with E-state index in [1.54, 1.807) is 36.4 Å². The first kappa shape index (κ1) is 19.7. The van der Waals surface area contributed by atoms with E-state index in [9.17, 15) is 12.8 Å². The van der Waals surface area contributed by atoms with Crippen LogP contribution in [0.1, 0.15) is 17.8 Å². The Hall–Kier alpha value is -2.02. The number of thiazole rings is 1. The van der Waals surface area contributed by atoms with E-state index in [-0.39, 0.29) is 16.6 Å². The summed E-state index contributed by atoms with van der Waals surface area (Å²) in [7, 11) is -3.27. The molecule has 0 spiro atoms. The lowest BCUT2D eigenvalue weighted by Gasteiger charge is -2.04. The lowest BCUT2D eigenvalue weighted by molar-refractivity contribution is 0.602. The summed E-state index contributed by atoms with van der Waals surface area (Å²) in [5.74, 6) is -0.462. The van der Waals surface area contributed by atoms with Crippen LogP contribution >= 0.6 is 22.9 Å². The fourth-order valence-electron chi connectivity index (χ4n) is 2.51. The number of aromatic nitrogens is 1. The Morgan fingerprint density at radius 2 is 1.67 bits per heavy atom. The van der Waals surface area contributed by atoms with Crippen LogP contribution in [0.15, 0.2) is 65.0 Å². The average Bonchev–Trinajstić information content (AvgIpc) is 3.06. The number of hydrogen-bond donors (Lipinski definition) is 0. The van der Waals surface area contributed by atoms with Gasteiger partial charge in [0.1, 0.15) is 10.8 Å². The Morgan fingerprint density at radius 3 is 2.19 bits per heavy atom. The molecule has 0 fully saturated rings. The molecule has 0 saturated carbocycles. The molecule has 1 heterocycles. The van der Waals surface area contributed by atoms with Crippen molar-refractivity contribution in [2.75, 3.05) is 6.26 Å². The van der Waals surface area contributed by atoms with Crippen molar-refractivity contribution in [3.8, 4) is 21.7 Å². The van der Waals surface area contributed by atoms with Gasteiger partial charge in [0.15, 0.2) is 9.84 Å². The van der Waals surface area contributed by atoms with E-state index < -0.39 is 9.84 Å². The molecule has 0 aliphatic heterocycles. The minimum absolute atomic E-state index is 0.139. The highest BCUT2D eigenvalue weighted by Crippen LogP contribution is 2.41. The summed E-state index contributed by atoms with van der Waals surface area (Å²) in [6.45, 7) is 5.70. The highest BCUT2D eigenvalue weighted by molar-refractivity contribution is 7.90. The standard InChI is InChI=1S/C20H17ClFNO2S2/c1-12(13(2)21)20-23-18(14-4-8-16(22)9-5-14)19(26-20)15-6-10-17(11-7-15)27(3,24)25/h4-12H,2H2,1,3H3.